The Hall–Kier alpha value is -2.08. The number of amides is 2. The number of likely N-dealkylation sites (N-methyl/N-ethyl adjacent to an activating group) is 1. The van der Waals surface area contributed by atoms with Crippen LogP contribution in [0.2, 0.25) is 0 Å². The molecule has 0 aromatic heterocycles. The summed E-state index contributed by atoms with van der Waals surface area (Å²) in [5.74, 6) is 1.31. The van der Waals surface area contributed by atoms with Gasteiger partial charge in [-0.25, -0.2) is 0 Å². The lowest BCUT2D eigenvalue weighted by Gasteiger charge is -2.35. The Morgan fingerprint density at radius 2 is 2.04 bits per heavy atom. The molecular formula is C21H33N3O3. The van der Waals surface area contributed by atoms with Gasteiger partial charge in [0.2, 0.25) is 11.8 Å². The summed E-state index contributed by atoms with van der Waals surface area (Å²) in [6, 6.07) is 7.48. The topological polar surface area (TPSA) is 61.9 Å². The van der Waals surface area contributed by atoms with Crippen LogP contribution in [0.15, 0.2) is 24.3 Å². The standard InChI is InChI=1S/C21H33N3O3/c1-16(2)9-11-24-12-10-22-21(26)19(24)15-20(25)23(4)13-14-27-18-7-5-17(3)6-8-18/h5-8,16,19H,9-15H2,1-4H3,(H,22,26). The summed E-state index contributed by atoms with van der Waals surface area (Å²) in [6.45, 7) is 9.61. The largest absolute Gasteiger partial charge is 0.492 e. The summed E-state index contributed by atoms with van der Waals surface area (Å²) in [4.78, 5) is 28.7. The van der Waals surface area contributed by atoms with Gasteiger partial charge in [-0.05, 0) is 37.9 Å². The summed E-state index contributed by atoms with van der Waals surface area (Å²) < 4.78 is 5.70. The Kier molecular flexibility index (Phi) is 8.10. The van der Waals surface area contributed by atoms with Gasteiger partial charge in [0.1, 0.15) is 12.4 Å². The second-order valence-corrected chi connectivity index (χ2v) is 7.71. The van der Waals surface area contributed by atoms with Gasteiger partial charge in [-0.2, -0.15) is 0 Å². The smallest absolute Gasteiger partial charge is 0.237 e. The van der Waals surface area contributed by atoms with Crippen molar-refractivity contribution in [3.63, 3.8) is 0 Å². The highest BCUT2D eigenvalue weighted by molar-refractivity contribution is 5.88. The lowest BCUT2D eigenvalue weighted by molar-refractivity contribution is -0.138. The zero-order valence-corrected chi connectivity index (χ0v) is 17.0. The molecule has 1 N–H and O–H groups in total. The molecule has 1 aromatic carbocycles. The molecule has 1 aliphatic heterocycles. The van der Waals surface area contributed by atoms with E-state index in [1.807, 2.05) is 31.2 Å². The van der Waals surface area contributed by atoms with Crippen molar-refractivity contribution in [2.75, 3.05) is 39.8 Å². The van der Waals surface area contributed by atoms with Crippen molar-refractivity contribution in [2.45, 2.75) is 39.7 Å². The second-order valence-electron chi connectivity index (χ2n) is 7.71. The Bertz CT molecular complexity index is 616. The van der Waals surface area contributed by atoms with Crippen molar-refractivity contribution in [3.8, 4) is 5.75 Å². The van der Waals surface area contributed by atoms with Gasteiger partial charge in [0.25, 0.3) is 0 Å². The fourth-order valence-corrected chi connectivity index (χ4v) is 3.06. The number of carbonyl (C=O) groups is 2. The molecule has 1 heterocycles. The van der Waals surface area contributed by atoms with E-state index < -0.39 is 0 Å². The summed E-state index contributed by atoms with van der Waals surface area (Å²) in [5.41, 5.74) is 1.18. The van der Waals surface area contributed by atoms with E-state index in [4.69, 9.17) is 4.74 Å². The number of ether oxygens (including phenoxy) is 1. The number of hydrogen-bond acceptors (Lipinski definition) is 4. The number of piperazine rings is 1. The minimum Gasteiger partial charge on any atom is -0.492 e. The molecule has 1 atom stereocenters. The number of aryl methyl sites for hydroxylation is 1. The van der Waals surface area contributed by atoms with E-state index in [0.717, 1.165) is 25.3 Å². The van der Waals surface area contributed by atoms with Crippen molar-refractivity contribution in [3.05, 3.63) is 29.8 Å². The maximum atomic E-state index is 12.6. The molecule has 150 valence electrons. The second kappa shape index (κ2) is 10.3. The molecule has 0 spiro atoms. The first-order valence-electron chi connectivity index (χ1n) is 9.82. The zero-order chi connectivity index (χ0) is 19.8. The number of hydrogen-bond donors (Lipinski definition) is 1. The molecule has 2 amide bonds. The molecule has 1 unspecified atom stereocenters. The molecule has 0 aliphatic carbocycles. The van der Waals surface area contributed by atoms with E-state index in [0.29, 0.717) is 25.6 Å². The highest BCUT2D eigenvalue weighted by Crippen LogP contribution is 2.14. The quantitative estimate of drug-likeness (QED) is 0.718. The molecule has 27 heavy (non-hydrogen) atoms. The lowest BCUT2D eigenvalue weighted by atomic mass is 10.1. The third-order valence-corrected chi connectivity index (χ3v) is 4.95. The minimum atomic E-state index is -0.370. The van der Waals surface area contributed by atoms with Crippen LogP contribution in [-0.4, -0.2) is 67.5 Å². The molecular weight excluding hydrogens is 342 g/mol. The highest BCUT2D eigenvalue weighted by atomic mass is 16.5. The first kappa shape index (κ1) is 21.2. The molecule has 6 heteroatoms. The van der Waals surface area contributed by atoms with Crippen LogP contribution in [0, 0.1) is 12.8 Å². The summed E-state index contributed by atoms with van der Waals surface area (Å²) >= 11 is 0. The molecule has 1 saturated heterocycles. The van der Waals surface area contributed by atoms with Crippen molar-refractivity contribution in [1.82, 2.24) is 15.1 Å². The predicted molar refractivity (Wildman–Crippen MR) is 107 cm³/mol. The van der Waals surface area contributed by atoms with Gasteiger partial charge in [0.15, 0.2) is 0 Å². The summed E-state index contributed by atoms with van der Waals surface area (Å²) in [7, 11) is 1.76. The van der Waals surface area contributed by atoms with E-state index >= 15 is 0 Å². The van der Waals surface area contributed by atoms with Crippen LogP contribution in [0.5, 0.6) is 5.75 Å². The van der Waals surface area contributed by atoms with Crippen molar-refractivity contribution >= 4 is 11.8 Å². The Balaban J connectivity index is 1.81. The first-order valence-corrected chi connectivity index (χ1v) is 9.82. The van der Waals surface area contributed by atoms with Gasteiger partial charge in [-0.3, -0.25) is 14.5 Å². The molecule has 1 aromatic rings. The van der Waals surface area contributed by atoms with Crippen molar-refractivity contribution in [2.24, 2.45) is 5.92 Å². The van der Waals surface area contributed by atoms with E-state index in [2.05, 4.69) is 24.1 Å². The SMILES string of the molecule is Cc1ccc(OCCN(C)C(=O)CC2C(=O)NCCN2CCC(C)C)cc1. The third-order valence-electron chi connectivity index (χ3n) is 4.95. The molecule has 0 radical (unpaired) electrons. The molecule has 1 aliphatic rings. The van der Waals surface area contributed by atoms with Crippen LogP contribution in [0.1, 0.15) is 32.3 Å². The van der Waals surface area contributed by atoms with Gasteiger partial charge in [-0.15, -0.1) is 0 Å². The van der Waals surface area contributed by atoms with Gasteiger partial charge < -0.3 is 15.0 Å². The number of nitrogens with zero attached hydrogens (tertiary/aromatic N) is 2. The highest BCUT2D eigenvalue weighted by Gasteiger charge is 2.32. The molecule has 2 rings (SSSR count). The van der Waals surface area contributed by atoms with E-state index in [1.54, 1.807) is 11.9 Å². The Morgan fingerprint density at radius 1 is 1.33 bits per heavy atom. The fraction of sp³-hybridized carbons (Fsp3) is 0.619. The van der Waals surface area contributed by atoms with Crippen LogP contribution >= 0.6 is 0 Å². The van der Waals surface area contributed by atoms with Crippen LogP contribution < -0.4 is 10.1 Å². The number of rotatable bonds is 9. The molecule has 0 saturated carbocycles. The normalized spacial score (nSPS) is 17.7. The summed E-state index contributed by atoms with van der Waals surface area (Å²) in [6.07, 6.45) is 1.24. The van der Waals surface area contributed by atoms with Crippen LogP contribution in [-0.2, 0) is 9.59 Å². The van der Waals surface area contributed by atoms with E-state index in [1.165, 1.54) is 5.56 Å². The minimum absolute atomic E-state index is 0.0286. The number of benzene rings is 1. The predicted octanol–water partition coefficient (Wildman–Crippen LogP) is 2.07. The Labute approximate surface area is 162 Å². The van der Waals surface area contributed by atoms with Gasteiger partial charge in [-0.1, -0.05) is 31.5 Å². The average Bonchev–Trinajstić information content (AvgIpc) is 2.63. The fourth-order valence-electron chi connectivity index (χ4n) is 3.06. The van der Waals surface area contributed by atoms with Crippen LogP contribution in [0.4, 0.5) is 0 Å². The van der Waals surface area contributed by atoms with E-state index in [-0.39, 0.29) is 24.3 Å². The third kappa shape index (κ3) is 6.86. The maximum absolute atomic E-state index is 12.6. The van der Waals surface area contributed by atoms with Gasteiger partial charge in [0.05, 0.1) is 19.0 Å². The molecule has 0 bridgehead atoms. The number of nitrogens with one attached hydrogen (secondary N) is 1. The number of carbonyl (C=O) groups excluding carboxylic acids is 2. The summed E-state index contributed by atoms with van der Waals surface area (Å²) in [5, 5.41) is 2.89. The first-order chi connectivity index (χ1) is 12.9. The van der Waals surface area contributed by atoms with Crippen molar-refractivity contribution < 1.29 is 14.3 Å². The van der Waals surface area contributed by atoms with Gasteiger partial charge in [0, 0.05) is 20.1 Å². The zero-order valence-electron chi connectivity index (χ0n) is 17.0. The maximum Gasteiger partial charge on any atom is 0.237 e. The van der Waals surface area contributed by atoms with Crippen molar-refractivity contribution in [1.29, 1.82) is 0 Å². The lowest BCUT2D eigenvalue weighted by Crippen LogP contribution is -2.56. The monoisotopic (exact) mass is 375 g/mol. The molecule has 6 nitrogen and oxygen atoms in total. The van der Waals surface area contributed by atoms with Crippen LogP contribution in [0.3, 0.4) is 0 Å². The Morgan fingerprint density at radius 3 is 2.70 bits per heavy atom. The van der Waals surface area contributed by atoms with E-state index in [9.17, 15) is 9.59 Å². The molecule has 1 fully saturated rings. The van der Waals surface area contributed by atoms with Crippen LogP contribution in [0.25, 0.3) is 0 Å². The average molecular weight is 376 g/mol. The van der Waals surface area contributed by atoms with Gasteiger partial charge >= 0.3 is 0 Å².